The molecule has 0 spiro atoms. The van der Waals surface area contributed by atoms with Crippen LogP contribution in [0.5, 0.6) is 0 Å². The molecule has 0 saturated carbocycles. The molecule has 1 heterocycles. The van der Waals surface area contributed by atoms with E-state index in [1.54, 1.807) is 0 Å². The topological polar surface area (TPSA) is 20.3 Å². The minimum atomic E-state index is 0.312. The zero-order valence-electron chi connectivity index (χ0n) is 17.6. The van der Waals surface area contributed by atoms with Crippen molar-refractivity contribution in [2.45, 2.75) is 57.2 Å². The summed E-state index contributed by atoms with van der Waals surface area (Å²) in [7, 11) is 0. The minimum absolute atomic E-state index is 0.312. The molecule has 3 aromatic carbocycles. The van der Waals surface area contributed by atoms with E-state index in [9.17, 15) is 4.79 Å². The van der Waals surface area contributed by atoms with Gasteiger partial charge < -0.3 is 0 Å². The molecule has 30 heavy (non-hydrogen) atoms. The van der Waals surface area contributed by atoms with Crippen molar-refractivity contribution in [3.63, 3.8) is 0 Å². The molecule has 0 N–H and O–H groups in total. The summed E-state index contributed by atoms with van der Waals surface area (Å²) in [5, 5.41) is 0. The lowest BCUT2D eigenvalue weighted by molar-refractivity contribution is -0.126. The number of likely N-dealkylation sites (tertiary alicyclic amines) is 1. The third-order valence-electron chi connectivity index (χ3n) is 6.29. The molecule has 1 saturated heterocycles. The van der Waals surface area contributed by atoms with Crippen LogP contribution in [0.3, 0.4) is 0 Å². The lowest BCUT2D eigenvalue weighted by Crippen LogP contribution is -2.49. The Morgan fingerprint density at radius 1 is 0.600 bits per heavy atom. The van der Waals surface area contributed by atoms with Crippen molar-refractivity contribution in [3.8, 4) is 0 Å². The number of benzene rings is 3. The van der Waals surface area contributed by atoms with E-state index in [1.807, 2.05) is 0 Å². The second kappa shape index (κ2) is 10.4. The van der Waals surface area contributed by atoms with Crippen LogP contribution in [0, 0.1) is 0 Å². The van der Waals surface area contributed by atoms with E-state index in [1.165, 1.54) is 16.7 Å². The molecule has 0 aliphatic carbocycles. The number of Topliss-reactive ketones (excluding diaryl/α,β-unsaturated/α-hetero) is 1. The highest BCUT2D eigenvalue weighted by Gasteiger charge is 2.34. The molecule has 0 radical (unpaired) electrons. The molecule has 0 aromatic heterocycles. The van der Waals surface area contributed by atoms with Crippen molar-refractivity contribution in [1.29, 1.82) is 0 Å². The first-order chi connectivity index (χ1) is 14.8. The summed E-state index contributed by atoms with van der Waals surface area (Å²) >= 11 is 0. The fraction of sp³-hybridized carbons (Fsp3) is 0.321. The zero-order valence-corrected chi connectivity index (χ0v) is 17.6. The normalized spacial score (nSPS) is 19.7. The predicted molar refractivity (Wildman–Crippen MR) is 123 cm³/mol. The fourth-order valence-electron chi connectivity index (χ4n) is 4.69. The van der Waals surface area contributed by atoms with E-state index in [2.05, 4.69) is 95.9 Å². The van der Waals surface area contributed by atoms with Crippen LogP contribution in [-0.4, -0.2) is 22.8 Å². The van der Waals surface area contributed by atoms with E-state index in [4.69, 9.17) is 0 Å². The zero-order chi connectivity index (χ0) is 20.6. The number of hydrogen-bond acceptors (Lipinski definition) is 2. The number of rotatable bonds is 8. The molecule has 0 unspecified atom stereocenters. The van der Waals surface area contributed by atoms with E-state index in [-0.39, 0.29) is 0 Å². The van der Waals surface area contributed by atoms with Gasteiger partial charge in [0.2, 0.25) is 0 Å². The average Bonchev–Trinajstić information content (AvgIpc) is 2.80. The Labute approximate surface area is 180 Å². The largest absolute Gasteiger partial charge is 0.300 e. The molecular formula is C28H31NO. The summed E-state index contributed by atoms with van der Waals surface area (Å²) in [6, 6.07) is 32.7. The molecular weight excluding hydrogens is 366 g/mol. The van der Waals surface area contributed by atoms with Gasteiger partial charge in [-0.3, -0.25) is 9.69 Å². The number of carbonyl (C=O) groups is 1. The van der Waals surface area contributed by atoms with Gasteiger partial charge in [0.1, 0.15) is 5.78 Å². The Hall–Kier alpha value is -2.71. The van der Waals surface area contributed by atoms with E-state index in [0.29, 0.717) is 30.7 Å². The number of hydrogen-bond donors (Lipinski definition) is 0. The first-order valence-corrected chi connectivity index (χ1v) is 11.2. The maximum atomic E-state index is 12.7. The third kappa shape index (κ3) is 5.67. The predicted octanol–water partition coefficient (Wildman–Crippen LogP) is 5.85. The van der Waals surface area contributed by atoms with Gasteiger partial charge in [-0.25, -0.2) is 0 Å². The van der Waals surface area contributed by atoms with Crippen molar-refractivity contribution in [3.05, 3.63) is 108 Å². The summed E-state index contributed by atoms with van der Waals surface area (Å²) in [5.41, 5.74) is 4.05. The van der Waals surface area contributed by atoms with Gasteiger partial charge in [0.25, 0.3) is 0 Å². The van der Waals surface area contributed by atoms with Crippen LogP contribution < -0.4 is 0 Å². The van der Waals surface area contributed by atoms with Crippen LogP contribution in [0.2, 0.25) is 0 Å². The first-order valence-electron chi connectivity index (χ1n) is 11.2. The van der Waals surface area contributed by atoms with Crippen molar-refractivity contribution in [2.24, 2.45) is 0 Å². The Balaban J connectivity index is 1.50. The highest BCUT2D eigenvalue weighted by Crippen LogP contribution is 2.29. The molecule has 3 aromatic rings. The van der Waals surface area contributed by atoms with Crippen LogP contribution in [-0.2, 0) is 24.2 Å². The number of carbonyl (C=O) groups excluding carboxylic acids is 1. The maximum Gasteiger partial charge on any atom is 0.136 e. The third-order valence-corrected chi connectivity index (χ3v) is 6.29. The van der Waals surface area contributed by atoms with Crippen LogP contribution in [0.15, 0.2) is 91.0 Å². The van der Waals surface area contributed by atoms with Gasteiger partial charge in [-0.15, -0.1) is 0 Å². The van der Waals surface area contributed by atoms with Crippen molar-refractivity contribution < 1.29 is 4.79 Å². The Morgan fingerprint density at radius 3 is 1.43 bits per heavy atom. The lowest BCUT2D eigenvalue weighted by atomic mass is 9.87. The van der Waals surface area contributed by atoms with E-state index >= 15 is 0 Å². The van der Waals surface area contributed by atoms with Crippen molar-refractivity contribution in [2.75, 3.05) is 0 Å². The van der Waals surface area contributed by atoms with E-state index in [0.717, 1.165) is 32.2 Å². The number of nitrogens with zero attached hydrogens (tertiary/aromatic N) is 1. The summed E-state index contributed by atoms with van der Waals surface area (Å²) in [6.07, 6.45) is 5.48. The Morgan fingerprint density at radius 2 is 1.00 bits per heavy atom. The van der Waals surface area contributed by atoms with E-state index < -0.39 is 0 Å². The maximum absolute atomic E-state index is 12.7. The Bertz CT molecular complexity index is 852. The number of aryl methyl sites for hydroxylation is 2. The molecule has 2 atom stereocenters. The van der Waals surface area contributed by atoms with Gasteiger partial charge >= 0.3 is 0 Å². The molecule has 2 nitrogen and oxygen atoms in total. The highest BCUT2D eigenvalue weighted by atomic mass is 16.1. The van der Waals surface area contributed by atoms with Crippen LogP contribution in [0.25, 0.3) is 0 Å². The van der Waals surface area contributed by atoms with Crippen molar-refractivity contribution in [1.82, 2.24) is 4.90 Å². The molecule has 4 rings (SSSR count). The second-order valence-electron chi connectivity index (χ2n) is 8.46. The SMILES string of the molecule is O=C1C[C@@H](CCc2ccccc2)N(Cc2ccccc2)[C@@H](CCc2ccccc2)C1. The molecule has 2 heteroatoms. The molecule has 1 aliphatic heterocycles. The Kier molecular flexibility index (Phi) is 7.10. The summed E-state index contributed by atoms with van der Waals surface area (Å²) < 4.78 is 0. The van der Waals surface area contributed by atoms with Gasteiger partial charge in [0, 0.05) is 31.5 Å². The minimum Gasteiger partial charge on any atom is -0.300 e. The summed E-state index contributed by atoms with van der Waals surface area (Å²) in [4.78, 5) is 15.3. The lowest BCUT2D eigenvalue weighted by Gasteiger charge is -2.42. The average molecular weight is 398 g/mol. The standard InChI is InChI=1S/C28H31NO/c30-28-20-26(18-16-23-10-4-1-5-11-23)29(22-25-14-8-3-9-15-25)27(21-28)19-17-24-12-6-2-7-13-24/h1-15,26-27H,16-22H2/t26-,27+. The molecule has 1 aliphatic rings. The van der Waals surface area contributed by atoms with Crippen molar-refractivity contribution >= 4 is 5.78 Å². The van der Waals surface area contributed by atoms with Gasteiger partial charge in [0.05, 0.1) is 0 Å². The monoisotopic (exact) mass is 397 g/mol. The molecule has 0 amide bonds. The van der Waals surface area contributed by atoms with Crippen LogP contribution in [0.1, 0.15) is 42.4 Å². The van der Waals surface area contributed by atoms with Gasteiger partial charge in [-0.1, -0.05) is 91.0 Å². The summed E-state index contributed by atoms with van der Waals surface area (Å²) in [5.74, 6) is 0.426. The van der Waals surface area contributed by atoms with Crippen LogP contribution in [0.4, 0.5) is 0 Å². The molecule has 0 bridgehead atoms. The highest BCUT2D eigenvalue weighted by molar-refractivity contribution is 5.80. The van der Waals surface area contributed by atoms with Gasteiger partial charge in [-0.2, -0.15) is 0 Å². The van der Waals surface area contributed by atoms with Gasteiger partial charge in [-0.05, 0) is 42.4 Å². The molecule has 154 valence electrons. The molecule has 1 fully saturated rings. The summed E-state index contributed by atoms with van der Waals surface area (Å²) in [6.45, 7) is 0.924. The van der Waals surface area contributed by atoms with Crippen LogP contribution >= 0.6 is 0 Å². The quantitative estimate of drug-likeness (QED) is 0.475. The smallest absolute Gasteiger partial charge is 0.136 e. The fourth-order valence-corrected chi connectivity index (χ4v) is 4.69. The number of ketones is 1. The first kappa shape index (κ1) is 20.6. The second-order valence-corrected chi connectivity index (χ2v) is 8.46. The number of piperidine rings is 1. The van der Waals surface area contributed by atoms with Gasteiger partial charge in [0.15, 0.2) is 0 Å².